The summed E-state index contributed by atoms with van der Waals surface area (Å²) in [6, 6.07) is 3.39. The van der Waals surface area contributed by atoms with Crippen molar-refractivity contribution < 1.29 is 14.1 Å². The molecule has 0 aliphatic carbocycles. The Morgan fingerprint density at radius 2 is 2.14 bits per heavy atom. The molecule has 1 fully saturated rings. The van der Waals surface area contributed by atoms with E-state index in [2.05, 4.69) is 47.5 Å². The molecule has 1 saturated heterocycles. The minimum atomic E-state index is -0.547. The summed E-state index contributed by atoms with van der Waals surface area (Å²) in [4.78, 5) is 22.9. The van der Waals surface area contributed by atoms with Crippen molar-refractivity contribution in [3.8, 4) is 22.7 Å². The molecule has 2 aromatic heterocycles. The Kier molecular flexibility index (Phi) is 8.77. The third kappa shape index (κ3) is 6.60. The Bertz CT molecular complexity index is 868. The summed E-state index contributed by atoms with van der Waals surface area (Å²) in [6.07, 6.45) is 2.94. The van der Waals surface area contributed by atoms with Gasteiger partial charge in [-0.3, -0.25) is 9.88 Å². The normalized spacial score (nSPS) is 15.8. The fourth-order valence-corrected chi connectivity index (χ4v) is 3.20. The molecule has 0 spiro atoms. The van der Waals surface area contributed by atoms with Crippen LogP contribution in [0.3, 0.4) is 0 Å². The van der Waals surface area contributed by atoms with E-state index in [-0.39, 0.29) is 12.1 Å². The maximum atomic E-state index is 12.4. The highest BCUT2D eigenvalue weighted by Gasteiger charge is 2.36. The quantitative estimate of drug-likeness (QED) is 0.370. The summed E-state index contributed by atoms with van der Waals surface area (Å²) in [5.74, 6) is 3.78. The van der Waals surface area contributed by atoms with Gasteiger partial charge in [0.2, 0.25) is 11.7 Å². The minimum Gasteiger partial charge on any atom is -0.444 e. The average Bonchev–Trinajstić information content (AvgIpc) is 3.36. The van der Waals surface area contributed by atoms with Crippen LogP contribution in [0.2, 0.25) is 0 Å². The number of hydrogen-bond donors (Lipinski definition) is 0. The molecule has 0 radical (unpaired) electrons. The van der Waals surface area contributed by atoms with Gasteiger partial charge >= 0.3 is 6.09 Å². The number of aromatic nitrogens is 3. The number of carbonyl (C=O) groups is 1. The van der Waals surface area contributed by atoms with E-state index < -0.39 is 5.60 Å². The first-order chi connectivity index (χ1) is 13.9. The van der Waals surface area contributed by atoms with Gasteiger partial charge in [0, 0.05) is 39.5 Å². The molecule has 3 rings (SSSR count). The van der Waals surface area contributed by atoms with Gasteiger partial charge in [0.05, 0.1) is 0 Å². The standard InChI is InChI=1S/C18H19IN4O3S.C2H6/c1-18(2,3)25-17(24)23-9-4-5-14(23)16-21-15(22-26-16)13-7-6-12(11-20-13)8-10-27-19;1-2/h6-7,11,14H,4-5,9H2,1-3H3;1-2H3. The molecule has 9 heteroatoms. The number of ether oxygens (including phenoxy) is 1. The van der Waals surface area contributed by atoms with Crippen molar-refractivity contribution in [2.45, 2.75) is 59.1 Å². The molecule has 0 saturated carbocycles. The lowest BCUT2D eigenvalue weighted by Crippen LogP contribution is -2.36. The summed E-state index contributed by atoms with van der Waals surface area (Å²) >= 11 is 2.12. The minimum absolute atomic E-state index is 0.271. The van der Waals surface area contributed by atoms with Crippen LogP contribution >= 0.6 is 30.1 Å². The average molecular weight is 528 g/mol. The van der Waals surface area contributed by atoms with Crippen molar-refractivity contribution in [1.82, 2.24) is 20.0 Å². The van der Waals surface area contributed by atoms with Gasteiger partial charge in [-0.2, -0.15) is 4.98 Å². The molecule has 7 nitrogen and oxygen atoms in total. The van der Waals surface area contributed by atoms with E-state index >= 15 is 0 Å². The van der Waals surface area contributed by atoms with Crippen molar-refractivity contribution in [2.24, 2.45) is 0 Å². The summed E-state index contributed by atoms with van der Waals surface area (Å²) in [5.41, 5.74) is 0.868. The summed E-state index contributed by atoms with van der Waals surface area (Å²) < 4.78 is 10.9. The van der Waals surface area contributed by atoms with Crippen LogP contribution in [-0.2, 0) is 4.74 Å². The smallest absolute Gasteiger partial charge is 0.410 e. The van der Waals surface area contributed by atoms with Gasteiger partial charge in [-0.15, -0.1) is 0 Å². The Morgan fingerprint density at radius 3 is 2.76 bits per heavy atom. The summed E-state index contributed by atoms with van der Waals surface area (Å²) in [6.45, 7) is 10.1. The Balaban J connectivity index is 0.00000145. The highest BCUT2D eigenvalue weighted by molar-refractivity contribution is 14.2. The van der Waals surface area contributed by atoms with Gasteiger partial charge in [-0.05, 0) is 59.9 Å². The predicted molar refractivity (Wildman–Crippen MR) is 122 cm³/mol. The lowest BCUT2D eigenvalue weighted by atomic mass is 10.2. The summed E-state index contributed by atoms with van der Waals surface area (Å²) in [7, 11) is 1.42. The first-order valence-corrected chi connectivity index (χ1v) is 12.8. The number of likely N-dealkylation sites (tertiary alicyclic amines) is 1. The van der Waals surface area contributed by atoms with Gasteiger partial charge in [0.25, 0.3) is 0 Å². The van der Waals surface area contributed by atoms with Crippen molar-refractivity contribution in [2.75, 3.05) is 6.54 Å². The molecule has 2 aromatic rings. The SMILES string of the molecule is CC.CC(C)(C)OC(=O)N1CCCC1c1nc(-c2ccc(C#CSI)cn2)no1. The highest BCUT2D eigenvalue weighted by Crippen LogP contribution is 2.33. The van der Waals surface area contributed by atoms with Gasteiger partial charge in [-0.1, -0.05) is 24.9 Å². The zero-order chi connectivity index (χ0) is 21.4. The first kappa shape index (κ1) is 23.5. The summed E-state index contributed by atoms with van der Waals surface area (Å²) in [5, 5.41) is 6.93. The molecular formula is C20H25IN4O3S. The van der Waals surface area contributed by atoms with Crippen LogP contribution in [0.1, 0.15) is 65.0 Å². The van der Waals surface area contributed by atoms with Crippen molar-refractivity contribution in [3.63, 3.8) is 0 Å². The number of amides is 1. The second-order valence-electron chi connectivity index (χ2n) is 7.02. The zero-order valence-electron chi connectivity index (χ0n) is 17.2. The lowest BCUT2D eigenvalue weighted by molar-refractivity contribution is 0.0199. The van der Waals surface area contributed by atoms with Crippen LogP contribution in [0, 0.1) is 11.2 Å². The Morgan fingerprint density at radius 1 is 1.38 bits per heavy atom. The van der Waals surface area contributed by atoms with Gasteiger partial charge < -0.3 is 9.26 Å². The van der Waals surface area contributed by atoms with Gasteiger partial charge in [0.1, 0.15) is 17.3 Å². The molecule has 156 valence electrons. The zero-order valence-corrected chi connectivity index (χ0v) is 20.2. The fraction of sp³-hybridized carbons (Fsp3) is 0.500. The largest absolute Gasteiger partial charge is 0.444 e. The van der Waals surface area contributed by atoms with Crippen LogP contribution in [0.5, 0.6) is 0 Å². The molecule has 3 heterocycles. The number of halogens is 1. The molecule has 29 heavy (non-hydrogen) atoms. The van der Waals surface area contributed by atoms with Crippen molar-refractivity contribution in [1.29, 1.82) is 0 Å². The second-order valence-corrected chi connectivity index (χ2v) is 8.70. The predicted octanol–water partition coefficient (Wildman–Crippen LogP) is 5.62. The van der Waals surface area contributed by atoms with E-state index in [4.69, 9.17) is 9.26 Å². The van der Waals surface area contributed by atoms with Crippen LogP contribution in [-0.4, -0.2) is 38.3 Å². The number of rotatable bonds is 2. The van der Waals surface area contributed by atoms with E-state index in [1.54, 1.807) is 17.2 Å². The molecule has 0 bridgehead atoms. The van der Waals surface area contributed by atoms with Crippen molar-refractivity contribution in [3.05, 3.63) is 29.8 Å². The van der Waals surface area contributed by atoms with Crippen LogP contribution in [0.25, 0.3) is 11.5 Å². The van der Waals surface area contributed by atoms with E-state index in [1.165, 1.54) is 8.93 Å². The monoisotopic (exact) mass is 528 g/mol. The Labute approximate surface area is 188 Å². The number of carbonyl (C=O) groups excluding carboxylic acids is 1. The first-order valence-electron chi connectivity index (χ1n) is 9.45. The van der Waals surface area contributed by atoms with Gasteiger partial charge in [0.15, 0.2) is 0 Å². The van der Waals surface area contributed by atoms with E-state index in [0.717, 1.165) is 18.4 Å². The highest BCUT2D eigenvalue weighted by atomic mass is 127. The maximum Gasteiger partial charge on any atom is 0.410 e. The van der Waals surface area contributed by atoms with Crippen LogP contribution in [0.15, 0.2) is 22.9 Å². The molecule has 1 aliphatic heterocycles. The fourth-order valence-electron chi connectivity index (χ4n) is 2.72. The second kappa shape index (κ2) is 10.8. The molecule has 0 N–H and O–H groups in total. The lowest BCUT2D eigenvalue weighted by Gasteiger charge is -2.26. The number of pyridine rings is 1. The van der Waals surface area contributed by atoms with E-state index in [1.807, 2.05) is 40.7 Å². The number of nitrogens with zero attached hydrogens (tertiary/aromatic N) is 4. The topological polar surface area (TPSA) is 81.4 Å². The molecule has 1 atom stereocenters. The van der Waals surface area contributed by atoms with Crippen molar-refractivity contribution >= 4 is 36.2 Å². The van der Waals surface area contributed by atoms with E-state index in [9.17, 15) is 4.79 Å². The molecule has 1 aliphatic rings. The number of hydrogen-bond acceptors (Lipinski definition) is 7. The third-order valence-electron chi connectivity index (χ3n) is 3.83. The van der Waals surface area contributed by atoms with Gasteiger partial charge in [-0.25, -0.2) is 4.79 Å². The van der Waals surface area contributed by atoms with Crippen LogP contribution in [0.4, 0.5) is 4.79 Å². The molecular weight excluding hydrogens is 503 g/mol. The maximum absolute atomic E-state index is 12.4. The third-order valence-corrected chi connectivity index (χ3v) is 4.67. The molecule has 1 amide bonds. The van der Waals surface area contributed by atoms with Crippen LogP contribution < -0.4 is 0 Å². The Hall–Kier alpha value is -1.80. The van der Waals surface area contributed by atoms with E-state index in [0.29, 0.717) is 24.0 Å². The molecule has 0 aromatic carbocycles. The molecule has 1 unspecified atom stereocenters.